The minimum absolute atomic E-state index is 0.0727. The second-order valence-corrected chi connectivity index (χ2v) is 7.03. The van der Waals surface area contributed by atoms with Gasteiger partial charge in [-0.2, -0.15) is 0 Å². The summed E-state index contributed by atoms with van der Waals surface area (Å²) in [6, 6.07) is 2.22. The highest BCUT2D eigenvalue weighted by molar-refractivity contribution is 5.90. The molecule has 9 heteroatoms. The Morgan fingerprint density at radius 1 is 1.27 bits per heavy atom. The van der Waals surface area contributed by atoms with Gasteiger partial charge in [0.1, 0.15) is 11.8 Å². The maximum atomic E-state index is 14.6. The molecule has 1 saturated carbocycles. The van der Waals surface area contributed by atoms with Crippen molar-refractivity contribution in [2.24, 2.45) is 11.8 Å². The zero-order valence-corrected chi connectivity index (χ0v) is 14.1. The van der Waals surface area contributed by atoms with Crippen LogP contribution in [0, 0.1) is 23.5 Å². The lowest BCUT2D eigenvalue weighted by atomic mass is 10.2. The van der Waals surface area contributed by atoms with E-state index in [1.807, 2.05) is 0 Å². The molecule has 3 aliphatic rings. The molecule has 0 spiro atoms. The van der Waals surface area contributed by atoms with Crippen LogP contribution in [0.4, 0.5) is 25.0 Å². The number of nitrogens with one attached hydrogen (secondary N) is 1. The number of carbonyl (C=O) groups excluding carboxylic acids is 2. The largest absolute Gasteiger partial charge is 0.442 e. The Morgan fingerprint density at radius 3 is 2.46 bits per heavy atom. The maximum Gasteiger partial charge on any atom is 0.414 e. The van der Waals surface area contributed by atoms with Crippen LogP contribution in [0.2, 0.25) is 0 Å². The van der Waals surface area contributed by atoms with Gasteiger partial charge in [-0.25, -0.2) is 13.6 Å². The van der Waals surface area contributed by atoms with E-state index in [9.17, 15) is 23.5 Å². The molecule has 0 radical (unpaired) electrons. The van der Waals surface area contributed by atoms with Gasteiger partial charge in [-0.05, 0) is 0 Å². The highest BCUT2D eigenvalue weighted by atomic mass is 19.1. The fourth-order valence-corrected chi connectivity index (χ4v) is 3.78. The third-order valence-corrected chi connectivity index (χ3v) is 5.23. The van der Waals surface area contributed by atoms with Crippen LogP contribution in [0.15, 0.2) is 12.1 Å². The van der Waals surface area contributed by atoms with Crippen molar-refractivity contribution in [3.63, 3.8) is 0 Å². The molecule has 1 aliphatic carbocycles. The van der Waals surface area contributed by atoms with Gasteiger partial charge in [0.05, 0.1) is 24.9 Å². The van der Waals surface area contributed by atoms with E-state index >= 15 is 0 Å². The van der Waals surface area contributed by atoms with Crippen molar-refractivity contribution in [1.82, 2.24) is 5.32 Å². The fraction of sp³-hybridized carbons (Fsp3) is 0.529. The summed E-state index contributed by atoms with van der Waals surface area (Å²) < 4.78 is 34.2. The normalized spacial score (nSPS) is 29.6. The average molecular weight is 367 g/mol. The molecule has 0 bridgehead atoms. The number of anilines is 2. The highest BCUT2D eigenvalue weighted by Crippen LogP contribution is 2.47. The fourth-order valence-electron chi connectivity index (χ4n) is 3.78. The SMILES string of the molecule is CC(=O)NC[C@H]1CN(c2cc(F)c(N3C[C@@H]4C(O)[C@@H]4C3)c(F)c2)C(=O)O1. The summed E-state index contributed by atoms with van der Waals surface area (Å²) in [5.41, 5.74) is -0.0565. The Labute approximate surface area is 148 Å². The third-order valence-electron chi connectivity index (χ3n) is 5.23. The summed E-state index contributed by atoms with van der Waals surface area (Å²) in [5.74, 6) is -1.61. The zero-order valence-electron chi connectivity index (χ0n) is 14.1. The van der Waals surface area contributed by atoms with Crippen molar-refractivity contribution in [1.29, 1.82) is 0 Å². The molecular formula is C17H19F2N3O4. The lowest BCUT2D eigenvalue weighted by Gasteiger charge is -2.23. The number of fused-ring (bicyclic) bond motifs is 1. The number of nitrogens with zero attached hydrogens (tertiary/aromatic N) is 2. The van der Waals surface area contributed by atoms with Gasteiger partial charge in [0.2, 0.25) is 5.91 Å². The molecule has 2 N–H and O–H groups in total. The first-order valence-electron chi connectivity index (χ1n) is 8.49. The van der Waals surface area contributed by atoms with Crippen molar-refractivity contribution in [2.75, 3.05) is 36.0 Å². The Morgan fingerprint density at radius 2 is 1.88 bits per heavy atom. The van der Waals surface area contributed by atoms with Gasteiger partial charge >= 0.3 is 6.09 Å². The van der Waals surface area contributed by atoms with Gasteiger partial charge in [0.25, 0.3) is 0 Å². The molecule has 3 fully saturated rings. The molecule has 7 nitrogen and oxygen atoms in total. The second-order valence-electron chi connectivity index (χ2n) is 7.03. The topological polar surface area (TPSA) is 82.1 Å². The van der Waals surface area contributed by atoms with Crippen molar-refractivity contribution in [2.45, 2.75) is 19.1 Å². The first kappa shape index (κ1) is 17.0. The quantitative estimate of drug-likeness (QED) is 0.825. The number of hydrogen-bond donors (Lipinski definition) is 2. The molecule has 2 saturated heterocycles. The standard InChI is InChI=1S/C17H19F2N3O4/c1-8(23)20-4-10-5-22(17(25)26-10)9-2-13(18)15(14(19)3-9)21-6-11-12(7-21)16(11)24/h2-3,10-12,16,24H,4-7H2,1H3,(H,20,23)/t10-,11-,12+,16?/m0/s1. The molecule has 2 heterocycles. The number of aliphatic hydroxyl groups excluding tert-OH is 1. The highest BCUT2D eigenvalue weighted by Gasteiger charge is 2.55. The molecule has 4 atom stereocenters. The Bertz CT molecular complexity index is 739. The van der Waals surface area contributed by atoms with E-state index in [-0.39, 0.29) is 48.3 Å². The molecule has 26 heavy (non-hydrogen) atoms. The van der Waals surface area contributed by atoms with E-state index in [1.165, 1.54) is 6.92 Å². The number of ether oxygens (including phenoxy) is 1. The lowest BCUT2D eigenvalue weighted by Crippen LogP contribution is -2.33. The van der Waals surface area contributed by atoms with Gasteiger partial charge < -0.3 is 20.1 Å². The minimum atomic E-state index is -0.756. The first-order valence-corrected chi connectivity index (χ1v) is 8.49. The molecule has 1 aromatic carbocycles. The zero-order chi connectivity index (χ0) is 18.6. The van der Waals surface area contributed by atoms with Crippen LogP contribution in [-0.4, -0.2) is 55.5 Å². The third kappa shape index (κ3) is 2.86. The van der Waals surface area contributed by atoms with Crippen LogP contribution in [0.3, 0.4) is 0 Å². The molecule has 4 rings (SSSR count). The van der Waals surface area contributed by atoms with Gasteiger partial charge in [0, 0.05) is 44.0 Å². The van der Waals surface area contributed by atoms with E-state index in [1.54, 1.807) is 4.90 Å². The molecule has 2 amide bonds. The number of piperidine rings is 1. The van der Waals surface area contributed by atoms with Crippen LogP contribution in [-0.2, 0) is 9.53 Å². The van der Waals surface area contributed by atoms with Gasteiger partial charge in [-0.15, -0.1) is 0 Å². The number of halogens is 2. The smallest absolute Gasteiger partial charge is 0.414 e. The van der Waals surface area contributed by atoms with Gasteiger partial charge in [-0.3, -0.25) is 9.69 Å². The summed E-state index contributed by atoms with van der Waals surface area (Å²) in [6.07, 6.45) is -1.65. The molecular weight excluding hydrogens is 348 g/mol. The van der Waals surface area contributed by atoms with Gasteiger partial charge in [0.15, 0.2) is 11.6 Å². The van der Waals surface area contributed by atoms with Crippen molar-refractivity contribution >= 4 is 23.4 Å². The number of cyclic esters (lactones) is 1. The Kier molecular flexibility index (Phi) is 3.98. The van der Waals surface area contributed by atoms with Crippen molar-refractivity contribution < 1.29 is 28.2 Å². The summed E-state index contributed by atoms with van der Waals surface area (Å²) >= 11 is 0. The maximum absolute atomic E-state index is 14.6. The first-order chi connectivity index (χ1) is 12.3. The van der Waals surface area contributed by atoms with E-state index in [0.29, 0.717) is 13.1 Å². The summed E-state index contributed by atoms with van der Waals surface area (Å²) in [5, 5.41) is 12.1. The predicted molar refractivity (Wildman–Crippen MR) is 87.9 cm³/mol. The van der Waals surface area contributed by atoms with Gasteiger partial charge in [-0.1, -0.05) is 0 Å². The van der Waals surface area contributed by atoms with Crippen LogP contribution in [0.1, 0.15) is 6.92 Å². The summed E-state index contributed by atoms with van der Waals surface area (Å²) in [6.45, 7) is 2.42. The lowest BCUT2D eigenvalue weighted by molar-refractivity contribution is -0.119. The number of benzene rings is 1. The number of hydrogen-bond acceptors (Lipinski definition) is 5. The number of carbonyl (C=O) groups is 2. The molecule has 1 unspecified atom stereocenters. The van der Waals surface area contributed by atoms with Crippen LogP contribution >= 0.6 is 0 Å². The number of amides is 2. The molecule has 0 aromatic heterocycles. The van der Waals surface area contributed by atoms with Crippen LogP contribution in [0.25, 0.3) is 0 Å². The Hall–Kier alpha value is -2.42. The van der Waals surface area contributed by atoms with Crippen LogP contribution in [0.5, 0.6) is 0 Å². The molecule has 2 aliphatic heterocycles. The van der Waals surface area contributed by atoms with E-state index in [0.717, 1.165) is 17.0 Å². The van der Waals surface area contributed by atoms with Crippen molar-refractivity contribution in [3.8, 4) is 0 Å². The average Bonchev–Trinajstić information content (AvgIpc) is 2.93. The minimum Gasteiger partial charge on any atom is -0.442 e. The predicted octanol–water partition coefficient (Wildman–Crippen LogP) is 0.853. The molecule has 140 valence electrons. The summed E-state index contributed by atoms with van der Waals surface area (Å²) in [4.78, 5) is 25.7. The monoisotopic (exact) mass is 367 g/mol. The number of rotatable bonds is 4. The Balaban J connectivity index is 1.49. The summed E-state index contributed by atoms with van der Waals surface area (Å²) in [7, 11) is 0. The van der Waals surface area contributed by atoms with E-state index in [4.69, 9.17) is 4.74 Å². The second kappa shape index (κ2) is 6.08. The van der Waals surface area contributed by atoms with Crippen LogP contribution < -0.4 is 15.1 Å². The molecule has 1 aromatic rings. The number of aliphatic hydroxyl groups is 1. The van der Waals surface area contributed by atoms with E-state index < -0.39 is 23.8 Å². The van der Waals surface area contributed by atoms with E-state index in [2.05, 4.69) is 5.32 Å². The van der Waals surface area contributed by atoms with Crippen molar-refractivity contribution in [3.05, 3.63) is 23.8 Å².